The van der Waals surface area contributed by atoms with Gasteiger partial charge in [0.2, 0.25) is 0 Å². The molecule has 0 atom stereocenters. The van der Waals surface area contributed by atoms with Gasteiger partial charge in [-0.3, -0.25) is 0 Å². The van der Waals surface area contributed by atoms with Gasteiger partial charge >= 0.3 is 0 Å². The Morgan fingerprint density at radius 1 is 1.33 bits per heavy atom. The normalized spacial score (nSPS) is 17.6. The number of rotatable bonds is 4. The van der Waals surface area contributed by atoms with Gasteiger partial charge in [0.1, 0.15) is 5.82 Å². The second-order valence-electron chi connectivity index (χ2n) is 7.01. The molecule has 2 aliphatic rings. The molecule has 126 valence electrons. The molecule has 0 bridgehead atoms. The summed E-state index contributed by atoms with van der Waals surface area (Å²) in [7, 11) is 2.18. The number of nitrogens with zero attached hydrogens (tertiary/aromatic N) is 3. The van der Waals surface area contributed by atoms with Gasteiger partial charge in [-0.25, -0.2) is 9.97 Å². The van der Waals surface area contributed by atoms with Gasteiger partial charge in [-0.1, -0.05) is 6.92 Å². The maximum Gasteiger partial charge on any atom is 0.145 e. The lowest BCUT2D eigenvalue weighted by molar-refractivity contribution is 0.313. The highest BCUT2D eigenvalue weighted by atomic mass is 15.1. The summed E-state index contributed by atoms with van der Waals surface area (Å²) in [6, 6.07) is 5.18. The van der Waals surface area contributed by atoms with Crippen LogP contribution in [0.4, 0.5) is 11.5 Å². The fourth-order valence-corrected chi connectivity index (χ4v) is 3.40. The van der Waals surface area contributed by atoms with E-state index in [-0.39, 0.29) is 0 Å². The maximum absolute atomic E-state index is 5.92. The van der Waals surface area contributed by atoms with Gasteiger partial charge in [0.15, 0.2) is 0 Å². The zero-order chi connectivity index (χ0) is 16.7. The molecular formula is C19H25N5. The van der Waals surface area contributed by atoms with Crippen LogP contribution in [0.25, 0.3) is 11.3 Å². The lowest BCUT2D eigenvalue weighted by atomic mass is 9.94. The van der Waals surface area contributed by atoms with Crippen molar-refractivity contribution in [3.8, 4) is 11.3 Å². The quantitative estimate of drug-likeness (QED) is 0.905. The van der Waals surface area contributed by atoms with E-state index in [2.05, 4.69) is 41.3 Å². The molecule has 1 aromatic carbocycles. The number of nitrogens with two attached hydrogens (primary N) is 1. The average Bonchev–Trinajstić information content (AvgIpc) is 3.38. The Kier molecular flexibility index (Phi) is 3.88. The summed E-state index contributed by atoms with van der Waals surface area (Å²) in [6.07, 6.45) is 6.26. The first-order valence-electron chi connectivity index (χ1n) is 8.86. The Balaban J connectivity index is 1.78. The van der Waals surface area contributed by atoms with Crippen LogP contribution in [0.1, 0.15) is 36.6 Å². The van der Waals surface area contributed by atoms with Gasteiger partial charge in [0.05, 0.1) is 17.6 Å². The topological polar surface area (TPSA) is 67.1 Å². The van der Waals surface area contributed by atoms with Crippen molar-refractivity contribution in [3.63, 3.8) is 0 Å². The van der Waals surface area contributed by atoms with E-state index < -0.39 is 0 Å². The van der Waals surface area contributed by atoms with Gasteiger partial charge in [-0.2, -0.15) is 0 Å². The van der Waals surface area contributed by atoms with Crippen LogP contribution in [0, 0.1) is 0 Å². The average molecular weight is 323 g/mol. The third-order valence-corrected chi connectivity index (χ3v) is 4.97. The second-order valence-corrected chi connectivity index (χ2v) is 7.01. The number of likely N-dealkylation sites (N-methyl/N-ethyl adjacent to an activating group) is 1. The molecule has 1 saturated carbocycles. The minimum absolute atomic E-state index is 0.537. The van der Waals surface area contributed by atoms with Gasteiger partial charge in [0, 0.05) is 30.4 Å². The number of anilines is 2. The van der Waals surface area contributed by atoms with Crippen LogP contribution < -0.4 is 11.1 Å². The van der Waals surface area contributed by atoms with Gasteiger partial charge in [0.25, 0.3) is 0 Å². The largest absolute Gasteiger partial charge is 0.382 e. The highest BCUT2D eigenvalue weighted by Gasteiger charge is 2.25. The van der Waals surface area contributed by atoms with E-state index in [0.29, 0.717) is 11.9 Å². The van der Waals surface area contributed by atoms with Crippen molar-refractivity contribution < 1.29 is 0 Å². The highest BCUT2D eigenvalue weighted by molar-refractivity contribution is 5.71. The predicted octanol–water partition coefficient (Wildman–Crippen LogP) is 2.85. The smallest absolute Gasteiger partial charge is 0.145 e. The second kappa shape index (κ2) is 6.06. The summed E-state index contributed by atoms with van der Waals surface area (Å²) in [5.41, 5.74) is 13.0. The fourth-order valence-electron chi connectivity index (χ4n) is 3.40. The van der Waals surface area contributed by atoms with Crippen LogP contribution in [-0.2, 0) is 19.4 Å². The Morgan fingerprint density at radius 2 is 2.17 bits per heavy atom. The molecule has 24 heavy (non-hydrogen) atoms. The third-order valence-electron chi connectivity index (χ3n) is 4.97. The third kappa shape index (κ3) is 2.96. The van der Waals surface area contributed by atoms with Crippen LogP contribution in [0.2, 0.25) is 0 Å². The molecular weight excluding hydrogens is 298 g/mol. The van der Waals surface area contributed by atoms with E-state index in [9.17, 15) is 0 Å². The molecule has 1 fully saturated rings. The van der Waals surface area contributed by atoms with Crippen LogP contribution in [-0.4, -0.2) is 34.5 Å². The summed E-state index contributed by atoms with van der Waals surface area (Å²) in [4.78, 5) is 11.5. The Bertz CT molecular complexity index is 767. The monoisotopic (exact) mass is 323 g/mol. The standard InChI is InChI=1S/C19H25N5/c1-3-16-19(20)21-10-18(23-16)12-8-13-11-24(2)7-6-15(13)17(9-12)22-14-4-5-14/h8-10,14,22H,3-7,11H2,1-2H3,(H2,20,21). The minimum atomic E-state index is 0.537. The number of hydrogen-bond acceptors (Lipinski definition) is 5. The zero-order valence-corrected chi connectivity index (χ0v) is 14.5. The lowest BCUT2D eigenvalue weighted by Gasteiger charge is -2.28. The highest BCUT2D eigenvalue weighted by Crippen LogP contribution is 2.35. The summed E-state index contributed by atoms with van der Waals surface area (Å²) < 4.78 is 0. The van der Waals surface area contributed by atoms with Crippen LogP contribution in [0.3, 0.4) is 0 Å². The number of aromatic nitrogens is 2. The molecule has 1 aliphatic heterocycles. The van der Waals surface area contributed by atoms with E-state index in [4.69, 9.17) is 10.7 Å². The molecule has 2 heterocycles. The predicted molar refractivity (Wildman–Crippen MR) is 97.9 cm³/mol. The van der Waals surface area contributed by atoms with Crippen molar-refractivity contribution in [1.29, 1.82) is 0 Å². The Hall–Kier alpha value is -2.14. The summed E-state index contributed by atoms with van der Waals surface area (Å²) in [5.74, 6) is 0.537. The summed E-state index contributed by atoms with van der Waals surface area (Å²) in [5, 5.41) is 3.72. The van der Waals surface area contributed by atoms with Gasteiger partial charge in [-0.05, 0) is 56.0 Å². The van der Waals surface area contributed by atoms with Crippen LogP contribution in [0.5, 0.6) is 0 Å². The molecule has 0 saturated heterocycles. The van der Waals surface area contributed by atoms with Crippen molar-refractivity contribution >= 4 is 11.5 Å². The van der Waals surface area contributed by atoms with E-state index in [1.165, 1.54) is 29.7 Å². The van der Waals surface area contributed by atoms with E-state index in [0.717, 1.165) is 42.9 Å². The molecule has 0 amide bonds. The molecule has 5 heteroatoms. The summed E-state index contributed by atoms with van der Waals surface area (Å²) >= 11 is 0. The molecule has 0 spiro atoms. The number of fused-ring (bicyclic) bond motifs is 1. The fraction of sp³-hybridized carbons (Fsp3) is 0.474. The van der Waals surface area contributed by atoms with E-state index in [1.807, 2.05) is 0 Å². The Morgan fingerprint density at radius 3 is 2.92 bits per heavy atom. The number of hydrogen-bond donors (Lipinski definition) is 2. The minimum Gasteiger partial charge on any atom is -0.382 e. The molecule has 1 aliphatic carbocycles. The maximum atomic E-state index is 5.92. The lowest BCUT2D eigenvalue weighted by Crippen LogP contribution is -2.27. The molecule has 4 rings (SSSR count). The van der Waals surface area contributed by atoms with Crippen molar-refractivity contribution in [2.24, 2.45) is 0 Å². The van der Waals surface area contributed by atoms with E-state index in [1.54, 1.807) is 6.20 Å². The molecule has 1 aromatic heterocycles. The Labute approximate surface area is 143 Å². The van der Waals surface area contributed by atoms with Gasteiger partial charge in [-0.15, -0.1) is 0 Å². The summed E-state index contributed by atoms with van der Waals surface area (Å²) in [6.45, 7) is 4.17. The van der Waals surface area contributed by atoms with Crippen molar-refractivity contribution in [2.75, 3.05) is 24.6 Å². The van der Waals surface area contributed by atoms with Crippen LogP contribution in [0.15, 0.2) is 18.3 Å². The van der Waals surface area contributed by atoms with Gasteiger partial charge < -0.3 is 16.0 Å². The first kappa shape index (κ1) is 15.4. The first-order valence-corrected chi connectivity index (χ1v) is 8.86. The number of nitrogens with one attached hydrogen (secondary N) is 1. The zero-order valence-electron chi connectivity index (χ0n) is 14.5. The number of nitrogen functional groups attached to an aromatic ring is 1. The number of aryl methyl sites for hydroxylation is 1. The van der Waals surface area contributed by atoms with Crippen molar-refractivity contribution in [1.82, 2.24) is 14.9 Å². The molecule has 5 nitrogen and oxygen atoms in total. The molecule has 3 N–H and O–H groups in total. The van der Waals surface area contributed by atoms with Crippen molar-refractivity contribution in [3.05, 3.63) is 35.2 Å². The van der Waals surface area contributed by atoms with E-state index >= 15 is 0 Å². The molecule has 0 radical (unpaired) electrons. The van der Waals surface area contributed by atoms with Crippen molar-refractivity contribution in [2.45, 2.75) is 45.2 Å². The van der Waals surface area contributed by atoms with Crippen LogP contribution >= 0.6 is 0 Å². The molecule has 2 aromatic rings. The molecule has 0 unspecified atom stereocenters. The number of benzene rings is 1. The SMILES string of the molecule is CCc1nc(-c2cc3c(c(NC4CC4)c2)CCN(C)C3)cnc1N. The first-order chi connectivity index (χ1) is 11.6.